The molecule has 0 aromatic heterocycles. The molecule has 0 saturated heterocycles. The van der Waals surface area contributed by atoms with Gasteiger partial charge in [-0.15, -0.1) is 4.33 Å². The molecule has 4 saturated carbocycles. The third-order valence-electron chi connectivity index (χ3n) is 5.89. The Labute approximate surface area is 153 Å². The molecule has 1 atom stereocenters. The molecule has 4 aliphatic carbocycles. The highest BCUT2D eigenvalue weighted by Crippen LogP contribution is 2.59. The molecule has 10 heteroatoms. The molecule has 26 heavy (non-hydrogen) atoms. The lowest BCUT2D eigenvalue weighted by atomic mass is 9.56. The van der Waals surface area contributed by atoms with Gasteiger partial charge < -0.3 is 0 Å². The maximum absolute atomic E-state index is 14.5. The van der Waals surface area contributed by atoms with Gasteiger partial charge in [-0.2, -0.15) is 0 Å². The van der Waals surface area contributed by atoms with Crippen molar-refractivity contribution in [3.05, 3.63) is 23.3 Å². The van der Waals surface area contributed by atoms with Gasteiger partial charge in [-0.1, -0.05) is 5.04 Å². The van der Waals surface area contributed by atoms with E-state index in [0.717, 1.165) is 19.3 Å². The van der Waals surface area contributed by atoms with Crippen molar-refractivity contribution in [1.29, 1.82) is 0 Å². The second kappa shape index (κ2) is 6.73. The summed E-state index contributed by atoms with van der Waals surface area (Å²) in [5.41, 5.74) is 0. The molecular formula is C16H16F4O4S2. The molecule has 4 aliphatic rings. The average Bonchev–Trinajstić information content (AvgIpc) is 2.59. The van der Waals surface area contributed by atoms with E-state index in [4.69, 9.17) is 5.26 Å². The van der Waals surface area contributed by atoms with E-state index in [1.807, 2.05) is 0 Å². The fraction of sp³-hybridized carbons (Fsp3) is 0.625. The second-order valence-electron chi connectivity index (χ2n) is 7.51. The lowest BCUT2D eigenvalue weighted by molar-refractivity contribution is -0.432. The summed E-state index contributed by atoms with van der Waals surface area (Å²) in [7, 11) is -2.21. The van der Waals surface area contributed by atoms with E-state index in [0.29, 0.717) is 37.0 Å². The van der Waals surface area contributed by atoms with Gasteiger partial charge in [0.2, 0.25) is 0 Å². The van der Waals surface area contributed by atoms with Crippen molar-refractivity contribution in [2.24, 2.45) is 17.8 Å². The standard InChI is InChI=1S/C16H16F4O4S2/c17-10-12(19)15(13(20)11(18)14(10)25-24-23-21)26(22)16-4-7-1-8(5-16)3-9(2-7)6-16/h7-9,21H,1-6H2. The molecule has 4 bridgehead atoms. The van der Waals surface area contributed by atoms with Crippen LogP contribution in [0.25, 0.3) is 0 Å². The van der Waals surface area contributed by atoms with Crippen molar-refractivity contribution in [2.75, 3.05) is 0 Å². The normalized spacial score (nSPS) is 33.7. The van der Waals surface area contributed by atoms with Gasteiger partial charge >= 0.3 is 0 Å². The minimum absolute atomic E-state index is 0.219. The molecule has 0 aliphatic heterocycles. The highest BCUT2D eigenvalue weighted by molar-refractivity contribution is 7.94. The zero-order valence-electron chi connectivity index (χ0n) is 13.5. The van der Waals surface area contributed by atoms with Crippen molar-refractivity contribution in [3.63, 3.8) is 0 Å². The van der Waals surface area contributed by atoms with Crippen LogP contribution >= 0.6 is 12.0 Å². The first-order chi connectivity index (χ1) is 12.4. The molecule has 1 N–H and O–H groups in total. The zero-order valence-corrected chi connectivity index (χ0v) is 15.1. The summed E-state index contributed by atoms with van der Waals surface area (Å²) in [6, 6.07) is 0. The average molecular weight is 412 g/mol. The number of hydrogen-bond acceptors (Lipinski definition) is 5. The number of rotatable bonds is 5. The van der Waals surface area contributed by atoms with Gasteiger partial charge in [-0.3, -0.25) is 4.21 Å². The quantitative estimate of drug-likeness (QED) is 0.249. The Morgan fingerprint density at radius 1 is 0.923 bits per heavy atom. The van der Waals surface area contributed by atoms with Crippen molar-refractivity contribution in [2.45, 2.75) is 53.1 Å². The van der Waals surface area contributed by atoms with E-state index >= 15 is 0 Å². The molecule has 0 heterocycles. The molecule has 0 amide bonds. The maximum Gasteiger partial charge on any atom is 0.179 e. The van der Waals surface area contributed by atoms with Crippen molar-refractivity contribution >= 4 is 22.8 Å². The molecule has 0 spiro atoms. The number of benzene rings is 1. The van der Waals surface area contributed by atoms with Crippen LogP contribution in [0, 0.1) is 41.0 Å². The summed E-state index contributed by atoms with van der Waals surface area (Å²) in [5, 5.41) is 11.3. The summed E-state index contributed by atoms with van der Waals surface area (Å²) in [5.74, 6) is -5.76. The molecule has 1 unspecified atom stereocenters. The monoisotopic (exact) mass is 412 g/mol. The molecule has 4 nitrogen and oxygen atoms in total. The topological polar surface area (TPSA) is 55.8 Å². The van der Waals surface area contributed by atoms with Crippen LogP contribution in [-0.2, 0) is 20.2 Å². The van der Waals surface area contributed by atoms with E-state index in [-0.39, 0.29) is 12.0 Å². The van der Waals surface area contributed by atoms with E-state index < -0.39 is 48.6 Å². The van der Waals surface area contributed by atoms with Crippen LogP contribution < -0.4 is 0 Å². The third-order valence-corrected chi connectivity index (χ3v) is 8.56. The van der Waals surface area contributed by atoms with Gasteiger partial charge in [0.15, 0.2) is 23.3 Å². The fourth-order valence-corrected chi connectivity index (χ4v) is 7.87. The Balaban J connectivity index is 1.75. The summed E-state index contributed by atoms with van der Waals surface area (Å²) in [4.78, 5) is -2.20. The largest absolute Gasteiger partial charge is 0.254 e. The Morgan fingerprint density at radius 3 is 1.81 bits per heavy atom. The summed E-state index contributed by atoms with van der Waals surface area (Å²) >= 11 is -0.219. The van der Waals surface area contributed by atoms with E-state index in [1.165, 1.54) is 0 Å². The smallest absolute Gasteiger partial charge is 0.179 e. The molecule has 1 aromatic carbocycles. The van der Waals surface area contributed by atoms with E-state index in [1.54, 1.807) is 0 Å². The van der Waals surface area contributed by atoms with Crippen LogP contribution in [0.5, 0.6) is 0 Å². The molecule has 4 fully saturated rings. The van der Waals surface area contributed by atoms with Gasteiger partial charge in [0.05, 0.1) is 27.6 Å². The van der Waals surface area contributed by atoms with E-state index in [2.05, 4.69) is 9.37 Å². The van der Waals surface area contributed by atoms with Crippen molar-refractivity contribution in [1.82, 2.24) is 0 Å². The molecule has 5 rings (SSSR count). The summed E-state index contributed by atoms with van der Waals surface area (Å²) < 4.78 is 73.7. The Kier molecular flexibility index (Phi) is 4.84. The number of hydrogen-bond donors (Lipinski definition) is 1. The molecule has 144 valence electrons. The highest BCUT2D eigenvalue weighted by Gasteiger charge is 2.55. The van der Waals surface area contributed by atoms with Crippen LogP contribution in [0.1, 0.15) is 38.5 Å². The summed E-state index contributed by atoms with van der Waals surface area (Å²) in [6.45, 7) is 0. The lowest BCUT2D eigenvalue weighted by Crippen LogP contribution is -2.53. The van der Waals surface area contributed by atoms with Crippen LogP contribution in [-0.4, -0.2) is 14.2 Å². The minimum atomic E-state index is -2.21. The number of halogens is 4. The third kappa shape index (κ3) is 2.81. The van der Waals surface area contributed by atoms with Gasteiger partial charge in [0.25, 0.3) is 0 Å². The Bertz CT molecular complexity index is 709. The molecular weight excluding hydrogens is 396 g/mol. The van der Waals surface area contributed by atoms with Crippen LogP contribution in [0.2, 0.25) is 0 Å². The van der Waals surface area contributed by atoms with Crippen LogP contribution in [0.4, 0.5) is 17.6 Å². The fourth-order valence-electron chi connectivity index (χ4n) is 5.35. The second-order valence-corrected chi connectivity index (χ2v) is 10.0. The highest BCUT2D eigenvalue weighted by atomic mass is 32.2. The SMILES string of the molecule is O=S(c1c(F)c(F)c(SOOO)c(F)c1F)C12CC3CC(CC(C3)C1)C2. The van der Waals surface area contributed by atoms with Crippen molar-refractivity contribution in [3.8, 4) is 0 Å². The van der Waals surface area contributed by atoms with Crippen LogP contribution in [0.3, 0.4) is 0 Å². The maximum atomic E-state index is 14.5. The predicted octanol–water partition coefficient (Wildman–Crippen LogP) is 4.75. The Morgan fingerprint density at radius 2 is 1.38 bits per heavy atom. The van der Waals surface area contributed by atoms with E-state index in [9.17, 15) is 21.8 Å². The minimum Gasteiger partial charge on any atom is -0.254 e. The molecule has 0 radical (unpaired) electrons. The van der Waals surface area contributed by atoms with Gasteiger partial charge in [-0.05, 0) is 56.3 Å². The zero-order chi connectivity index (χ0) is 18.6. The Hall–Kier alpha value is -0.680. The van der Waals surface area contributed by atoms with Gasteiger partial charge in [0, 0.05) is 0 Å². The molecule has 1 aromatic rings. The van der Waals surface area contributed by atoms with Gasteiger partial charge in [-0.25, -0.2) is 22.8 Å². The first kappa shape index (κ1) is 18.7. The first-order valence-corrected chi connectivity index (χ1v) is 10.2. The first-order valence-electron chi connectivity index (χ1n) is 8.29. The van der Waals surface area contributed by atoms with Crippen molar-refractivity contribution < 1.29 is 36.4 Å². The van der Waals surface area contributed by atoms with Gasteiger partial charge in [0.1, 0.15) is 9.79 Å². The summed E-state index contributed by atoms with van der Waals surface area (Å²) in [6.07, 6.45) is 4.76. The lowest BCUT2D eigenvalue weighted by Gasteiger charge is -2.56. The predicted molar refractivity (Wildman–Crippen MR) is 84.2 cm³/mol. The van der Waals surface area contributed by atoms with Crippen LogP contribution in [0.15, 0.2) is 9.79 Å².